The third-order valence-electron chi connectivity index (χ3n) is 11.6. The molecule has 0 aliphatic carbocycles. The summed E-state index contributed by atoms with van der Waals surface area (Å²) in [6.07, 6.45) is 58.9. The van der Waals surface area contributed by atoms with Gasteiger partial charge in [-0.15, -0.1) is 0 Å². The fraction of sp³-hybridized carbons (Fsp3) is 0.865. The summed E-state index contributed by atoms with van der Waals surface area (Å²) in [4.78, 5) is 35.2. The van der Waals surface area contributed by atoms with Crippen LogP contribution in [0.1, 0.15) is 277 Å². The minimum Gasteiger partial charge on any atom is -0.480 e. The van der Waals surface area contributed by atoms with E-state index in [0.29, 0.717) is 12.8 Å². The number of hydrogen-bond acceptors (Lipinski definition) is 4. The highest BCUT2D eigenvalue weighted by atomic mass is 16.5. The van der Waals surface area contributed by atoms with Gasteiger partial charge in [-0.25, -0.2) is 0 Å². The summed E-state index contributed by atoms with van der Waals surface area (Å²) in [6.45, 7) is 4.24. The molecule has 6 nitrogen and oxygen atoms in total. The van der Waals surface area contributed by atoms with Gasteiger partial charge < -0.3 is 15.2 Å². The lowest BCUT2D eigenvalue weighted by atomic mass is 10.0. The Bertz CT molecular complexity index is 946. The van der Waals surface area contributed by atoms with Crippen LogP contribution in [0, 0.1) is 0 Å². The van der Waals surface area contributed by atoms with Gasteiger partial charge in [0.25, 0.3) is 0 Å². The number of hydrogen-bond donors (Lipinski definition) is 2. The van der Waals surface area contributed by atoms with Crippen molar-refractivity contribution in [3.8, 4) is 0 Å². The Hall–Kier alpha value is -2.11. The molecule has 0 aliphatic heterocycles. The molecule has 0 aromatic carbocycles. The second kappa shape index (κ2) is 47.6. The molecular weight excluding hydrogens is 719 g/mol. The summed E-state index contributed by atoms with van der Waals surface area (Å²) in [5.41, 5.74) is 0. The number of unbranched alkanes of at least 4 members (excludes halogenated alkanes) is 32. The van der Waals surface area contributed by atoms with E-state index in [0.717, 1.165) is 83.5 Å². The fourth-order valence-electron chi connectivity index (χ4n) is 7.84. The van der Waals surface area contributed by atoms with Gasteiger partial charge in [-0.05, 0) is 70.6 Å². The van der Waals surface area contributed by atoms with Crippen molar-refractivity contribution < 1.29 is 24.2 Å². The van der Waals surface area contributed by atoms with Crippen molar-refractivity contribution in [3.05, 3.63) is 24.3 Å². The number of carbonyl (C=O) groups is 3. The number of nitrogens with one attached hydrogen (secondary N) is 1. The standard InChI is InChI=1S/C52H97NO5/c1-3-5-7-9-11-13-15-17-19-20-21-22-23-24-26-28-30-32-34-39-43-47-52(57)58-49(45-41-37-35-38-42-46-50(54)53-48-51(55)56)44-40-36-33-31-29-27-25-18-16-14-12-10-8-6-4-2/h16,18,27,29,49H,3-15,17,19-26,28,30-48H2,1-2H3,(H,53,54)(H,55,56)/b18-16-,29-27-. The van der Waals surface area contributed by atoms with Gasteiger partial charge in [-0.2, -0.15) is 0 Å². The highest BCUT2D eigenvalue weighted by Crippen LogP contribution is 2.19. The summed E-state index contributed by atoms with van der Waals surface area (Å²) in [6, 6.07) is 0. The van der Waals surface area contributed by atoms with Gasteiger partial charge in [-0.1, -0.05) is 218 Å². The molecule has 0 aromatic rings. The molecule has 1 amide bonds. The molecule has 0 heterocycles. The van der Waals surface area contributed by atoms with Gasteiger partial charge in [-0.3, -0.25) is 14.4 Å². The van der Waals surface area contributed by atoms with Gasteiger partial charge in [0, 0.05) is 12.8 Å². The third-order valence-corrected chi connectivity index (χ3v) is 11.6. The number of allylic oxidation sites excluding steroid dienone is 4. The minimum absolute atomic E-state index is 0.00635. The maximum atomic E-state index is 12.8. The third kappa shape index (κ3) is 46.6. The smallest absolute Gasteiger partial charge is 0.322 e. The average Bonchev–Trinajstić information content (AvgIpc) is 3.21. The molecule has 0 rings (SSSR count). The molecule has 0 radical (unpaired) electrons. The van der Waals surface area contributed by atoms with Crippen LogP contribution >= 0.6 is 0 Å². The largest absolute Gasteiger partial charge is 0.480 e. The lowest BCUT2D eigenvalue weighted by Crippen LogP contribution is -2.28. The predicted molar refractivity (Wildman–Crippen MR) is 249 cm³/mol. The fourth-order valence-corrected chi connectivity index (χ4v) is 7.84. The molecule has 0 bridgehead atoms. The van der Waals surface area contributed by atoms with Crippen LogP contribution in [-0.2, 0) is 19.1 Å². The van der Waals surface area contributed by atoms with E-state index in [1.807, 2.05) is 0 Å². The van der Waals surface area contributed by atoms with Crippen molar-refractivity contribution in [1.82, 2.24) is 5.32 Å². The molecular formula is C52H97NO5. The minimum atomic E-state index is -1.02. The van der Waals surface area contributed by atoms with Gasteiger partial charge >= 0.3 is 11.9 Å². The van der Waals surface area contributed by atoms with Crippen LogP contribution in [0.25, 0.3) is 0 Å². The topological polar surface area (TPSA) is 92.7 Å². The van der Waals surface area contributed by atoms with Crippen LogP contribution in [0.4, 0.5) is 0 Å². The first kappa shape index (κ1) is 55.9. The number of carbonyl (C=O) groups excluding carboxylic acids is 2. The Balaban J connectivity index is 4.09. The first-order chi connectivity index (χ1) is 28.5. The van der Waals surface area contributed by atoms with Gasteiger partial charge in [0.05, 0.1) is 0 Å². The van der Waals surface area contributed by atoms with E-state index < -0.39 is 5.97 Å². The second-order valence-corrected chi connectivity index (χ2v) is 17.4. The number of esters is 1. The summed E-state index contributed by atoms with van der Waals surface area (Å²) >= 11 is 0. The van der Waals surface area contributed by atoms with Crippen molar-refractivity contribution in [2.45, 2.75) is 283 Å². The van der Waals surface area contributed by atoms with Gasteiger partial charge in [0.1, 0.15) is 12.6 Å². The van der Waals surface area contributed by atoms with E-state index in [-0.39, 0.29) is 24.5 Å². The summed E-state index contributed by atoms with van der Waals surface area (Å²) in [5.74, 6) is -1.23. The first-order valence-electron chi connectivity index (χ1n) is 25.5. The van der Waals surface area contributed by atoms with E-state index in [4.69, 9.17) is 9.84 Å². The SMILES string of the molecule is CCCCCCC/C=C\C/C=C\CCCCCC(CCCCCCCC(=O)NCC(=O)O)OC(=O)CCCCCCCCCCCCCCCCCCCCCCC. The quantitative estimate of drug-likeness (QED) is 0.0363. The van der Waals surface area contributed by atoms with Crippen LogP contribution in [0.5, 0.6) is 0 Å². The van der Waals surface area contributed by atoms with E-state index in [9.17, 15) is 14.4 Å². The summed E-state index contributed by atoms with van der Waals surface area (Å²) in [5, 5.41) is 11.1. The Labute approximate surface area is 360 Å². The van der Waals surface area contributed by atoms with Crippen molar-refractivity contribution in [2.75, 3.05) is 6.54 Å². The lowest BCUT2D eigenvalue weighted by molar-refractivity contribution is -0.150. The van der Waals surface area contributed by atoms with Crippen LogP contribution < -0.4 is 5.32 Å². The van der Waals surface area contributed by atoms with Crippen molar-refractivity contribution in [3.63, 3.8) is 0 Å². The molecule has 0 aliphatic rings. The second-order valence-electron chi connectivity index (χ2n) is 17.4. The molecule has 0 spiro atoms. The molecule has 2 N–H and O–H groups in total. The van der Waals surface area contributed by atoms with Gasteiger partial charge in [0.15, 0.2) is 0 Å². The number of carboxylic acids is 1. The van der Waals surface area contributed by atoms with Crippen molar-refractivity contribution in [2.24, 2.45) is 0 Å². The van der Waals surface area contributed by atoms with Gasteiger partial charge in [0.2, 0.25) is 5.91 Å². The molecule has 0 fully saturated rings. The Morgan fingerprint density at radius 3 is 1.21 bits per heavy atom. The number of ether oxygens (including phenoxy) is 1. The predicted octanol–water partition coefficient (Wildman–Crippen LogP) is 16.2. The zero-order chi connectivity index (χ0) is 42.3. The molecule has 1 atom stereocenters. The van der Waals surface area contributed by atoms with Crippen molar-refractivity contribution in [1.29, 1.82) is 0 Å². The maximum absolute atomic E-state index is 12.8. The van der Waals surface area contributed by atoms with E-state index in [2.05, 4.69) is 43.5 Å². The number of amides is 1. The Kier molecular flexibility index (Phi) is 45.8. The molecule has 0 saturated carbocycles. The monoisotopic (exact) mass is 816 g/mol. The van der Waals surface area contributed by atoms with Crippen LogP contribution in [0.3, 0.4) is 0 Å². The molecule has 1 unspecified atom stereocenters. The van der Waals surface area contributed by atoms with Crippen LogP contribution in [0.2, 0.25) is 0 Å². The molecule has 0 aromatic heterocycles. The zero-order valence-corrected chi connectivity index (χ0v) is 38.7. The lowest BCUT2D eigenvalue weighted by Gasteiger charge is -2.18. The molecule has 340 valence electrons. The molecule has 0 saturated heterocycles. The number of aliphatic carboxylic acids is 1. The highest BCUT2D eigenvalue weighted by molar-refractivity contribution is 5.80. The van der Waals surface area contributed by atoms with Crippen LogP contribution in [0.15, 0.2) is 24.3 Å². The molecule has 58 heavy (non-hydrogen) atoms. The highest BCUT2D eigenvalue weighted by Gasteiger charge is 2.14. The van der Waals surface area contributed by atoms with Crippen LogP contribution in [-0.4, -0.2) is 35.6 Å². The van der Waals surface area contributed by atoms with Crippen molar-refractivity contribution >= 4 is 17.8 Å². The average molecular weight is 816 g/mol. The number of carboxylic acid groups (broad SMARTS) is 1. The normalized spacial score (nSPS) is 12.2. The maximum Gasteiger partial charge on any atom is 0.322 e. The van der Waals surface area contributed by atoms with E-state index in [1.165, 1.54) is 167 Å². The Morgan fingerprint density at radius 2 is 0.793 bits per heavy atom. The first-order valence-corrected chi connectivity index (χ1v) is 25.5. The zero-order valence-electron chi connectivity index (χ0n) is 38.7. The van der Waals surface area contributed by atoms with E-state index in [1.54, 1.807) is 0 Å². The summed E-state index contributed by atoms with van der Waals surface area (Å²) < 4.78 is 6.06. The number of rotatable bonds is 47. The Morgan fingerprint density at radius 1 is 0.448 bits per heavy atom. The van der Waals surface area contributed by atoms with E-state index >= 15 is 0 Å². The summed E-state index contributed by atoms with van der Waals surface area (Å²) in [7, 11) is 0. The molecule has 6 heteroatoms.